The number of carbonyl (C=O) groups is 1. The molecule has 1 N–H and O–H groups in total. The largest absolute Gasteiger partial charge is 0.340 e. The van der Waals surface area contributed by atoms with Crippen molar-refractivity contribution in [3.05, 3.63) is 35.9 Å². The summed E-state index contributed by atoms with van der Waals surface area (Å²) >= 11 is 0. The van der Waals surface area contributed by atoms with Crippen molar-refractivity contribution in [1.82, 2.24) is 15.1 Å². The molecular weight excluding hydrogens is 262 g/mol. The van der Waals surface area contributed by atoms with Crippen LogP contribution in [0.3, 0.4) is 0 Å². The molecule has 0 unspecified atom stereocenters. The summed E-state index contributed by atoms with van der Waals surface area (Å²) < 4.78 is 0. The highest BCUT2D eigenvalue weighted by molar-refractivity contribution is 5.76. The predicted molar refractivity (Wildman–Crippen MR) is 86.1 cm³/mol. The Morgan fingerprint density at radius 1 is 1.14 bits per heavy atom. The lowest BCUT2D eigenvalue weighted by Crippen LogP contribution is -2.48. The molecule has 0 atom stereocenters. The summed E-state index contributed by atoms with van der Waals surface area (Å²) in [6, 6.07) is 11.0. The maximum atomic E-state index is 12.1. The highest BCUT2D eigenvalue weighted by atomic mass is 16.2. The normalized spacial score (nSPS) is 16.4. The molecule has 4 heteroatoms. The minimum Gasteiger partial charge on any atom is -0.340 e. The molecule has 0 aliphatic carbocycles. The molecule has 2 rings (SSSR count). The maximum Gasteiger partial charge on any atom is 0.223 e. The Hall–Kier alpha value is -1.39. The molecule has 1 aliphatic heterocycles. The van der Waals surface area contributed by atoms with Crippen LogP contribution in [0.25, 0.3) is 0 Å². The molecule has 1 fully saturated rings. The summed E-state index contributed by atoms with van der Waals surface area (Å²) in [6.07, 6.45) is 0.608. The number of amides is 1. The molecule has 0 spiro atoms. The van der Waals surface area contributed by atoms with Gasteiger partial charge in [0.05, 0.1) is 0 Å². The first-order valence-corrected chi connectivity index (χ1v) is 7.92. The fourth-order valence-corrected chi connectivity index (χ4v) is 2.62. The molecule has 4 nitrogen and oxygen atoms in total. The first kappa shape index (κ1) is 16.0. The third-order valence-electron chi connectivity index (χ3n) is 3.87. The molecule has 116 valence electrons. The van der Waals surface area contributed by atoms with Crippen LogP contribution in [0.4, 0.5) is 0 Å². The Balaban J connectivity index is 1.69. The van der Waals surface area contributed by atoms with E-state index in [4.69, 9.17) is 0 Å². The fourth-order valence-electron chi connectivity index (χ4n) is 2.62. The van der Waals surface area contributed by atoms with Gasteiger partial charge >= 0.3 is 0 Å². The van der Waals surface area contributed by atoms with E-state index in [9.17, 15) is 4.79 Å². The highest BCUT2D eigenvalue weighted by Gasteiger charge is 2.20. The summed E-state index contributed by atoms with van der Waals surface area (Å²) in [5, 5.41) is 3.30. The standard InChI is InChI=1S/C17H27N3O/c1-15(2)18-9-8-17(21)20-12-10-19(11-13-20)14-16-6-4-3-5-7-16/h3-7,15,18H,8-14H2,1-2H3. The first-order valence-electron chi connectivity index (χ1n) is 7.92. The van der Waals surface area contributed by atoms with Crippen LogP contribution in [-0.2, 0) is 11.3 Å². The Morgan fingerprint density at radius 3 is 2.43 bits per heavy atom. The third-order valence-corrected chi connectivity index (χ3v) is 3.87. The van der Waals surface area contributed by atoms with E-state index in [1.165, 1.54) is 5.56 Å². The predicted octanol–water partition coefficient (Wildman–Crippen LogP) is 1.72. The van der Waals surface area contributed by atoms with Crippen LogP contribution in [0.1, 0.15) is 25.8 Å². The molecule has 1 amide bonds. The third kappa shape index (κ3) is 5.48. The van der Waals surface area contributed by atoms with Crippen LogP contribution in [-0.4, -0.2) is 54.5 Å². The molecule has 1 aromatic carbocycles. The quantitative estimate of drug-likeness (QED) is 0.866. The maximum absolute atomic E-state index is 12.1. The van der Waals surface area contributed by atoms with E-state index in [-0.39, 0.29) is 5.91 Å². The van der Waals surface area contributed by atoms with Crippen LogP contribution in [0, 0.1) is 0 Å². The minimum absolute atomic E-state index is 0.280. The molecular formula is C17H27N3O. The van der Waals surface area contributed by atoms with Crippen molar-refractivity contribution in [3.63, 3.8) is 0 Å². The van der Waals surface area contributed by atoms with Gasteiger partial charge < -0.3 is 10.2 Å². The van der Waals surface area contributed by atoms with Crippen LogP contribution < -0.4 is 5.32 Å². The molecule has 1 saturated heterocycles. The second-order valence-corrected chi connectivity index (χ2v) is 6.00. The molecule has 1 aromatic rings. The zero-order chi connectivity index (χ0) is 15.1. The van der Waals surface area contributed by atoms with Gasteiger partial charge in [0.2, 0.25) is 5.91 Å². The lowest BCUT2D eigenvalue weighted by molar-refractivity contribution is -0.132. The molecule has 0 radical (unpaired) electrons. The van der Waals surface area contributed by atoms with Crippen molar-refractivity contribution in [1.29, 1.82) is 0 Å². The molecule has 21 heavy (non-hydrogen) atoms. The number of benzene rings is 1. The van der Waals surface area contributed by atoms with Crippen LogP contribution in [0.5, 0.6) is 0 Å². The Kier molecular flexibility index (Phi) is 6.21. The second-order valence-electron chi connectivity index (χ2n) is 6.00. The smallest absolute Gasteiger partial charge is 0.223 e. The SMILES string of the molecule is CC(C)NCCC(=O)N1CCN(Cc2ccccc2)CC1. The zero-order valence-electron chi connectivity index (χ0n) is 13.2. The fraction of sp³-hybridized carbons (Fsp3) is 0.588. The summed E-state index contributed by atoms with van der Waals surface area (Å²) in [5.74, 6) is 0.280. The lowest BCUT2D eigenvalue weighted by Gasteiger charge is -2.35. The van der Waals surface area contributed by atoms with E-state index in [0.29, 0.717) is 12.5 Å². The van der Waals surface area contributed by atoms with Gasteiger partial charge in [-0.05, 0) is 5.56 Å². The first-order chi connectivity index (χ1) is 10.1. The average Bonchev–Trinajstić information content (AvgIpc) is 2.48. The number of carbonyl (C=O) groups excluding carboxylic acids is 1. The van der Waals surface area contributed by atoms with Crippen LogP contribution >= 0.6 is 0 Å². The Morgan fingerprint density at radius 2 is 1.81 bits per heavy atom. The summed E-state index contributed by atoms with van der Waals surface area (Å²) in [7, 11) is 0. The lowest BCUT2D eigenvalue weighted by atomic mass is 10.2. The van der Waals surface area contributed by atoms with Gasteiger partial charge in [0.25, 0.3) is 0 Å². The van der Waals surface area contributed by atoms with E-state index in [2.05, 4.69) is 48.3 Å². The highest BCUT2D eigenvalue weighted by Crippen LogP contribution is 2.09. The average molecular weight is 289 g/mol. The minimum atomic E-state index is 0.280. The van der Waals surface area contributed by atoms with Gasteiger partial charge in [0.1, 0.15) is 0 Å². The number of piperazine rings is 1. The van der Waals surface area contributed by atoms with Gasteiger partial charge in [-0.15, -0.1) is 0 Å². The van der Waals surface area contributed by atoms with Crippen LogP contribution in [0.15, 0.2) is 30.3 Å². The molecule has 1 aliphatic rings. The van der Waals surface area contributed by atoms with Crippen molar-refractivity contribution >= 4 is 5.91 Å². The number of nitrogens with one attached hydrogen (secondary N) is 1. The molecule has 0 saturated carbocycles. The van der Waals surface area contributed by atoms with Crippen molar-refractivity contribution in [2.24, 2.45) is 0 Å². The number of nitrogens with zero attached hydrogens (tertiary/aromatic N) is 2. The Bertz CT molecular complexity index is 425. The van der Waals surface area contributed by atoms with Gasteiger partial charge in [-0.25, -0.2) is 0 Å². The second kappa shape index (κ2) is 8.15. The van der Waals surface area contributed by atoms with Crippen LogP contribution in [0.2, 0.25) is 0 Å². The van der Waals surface area contributed by atoms with E-state index < -0.39 is 0 Å². The van der Waals surface area contributed by atoms with E-state index >= 15 is 0 Å². The topological polar surface area (TPSA) is 35.6 Å². The van der Waals surface area contributed by atoms with Crippen molar-refractivity contribution in [2.45, 2.75) is 32.9 Å². The van der Waals surface area contributed by atoms with E-state index in [1.54, 1.807) is 0 Å². The summed E-state index contributed by atoms with van der Waals surface area (Å²) in [6.45, 7) is 9.62. The molecule has 1 heterocycles. The Labute approximate surface area is 128 Å². The van der Waals surface area contributed by atoms with E-state index in [1.807, 2.05) is 11.0 Å². The number of hydrogen-bond acceptors (Lipinski definition) is 3. The van der Waals surface area contributed by atoms with Crippen molar-refractivity contribution in [3.8, 4) is 0 Å². The van der Waals surface area contributed by atoms with Crippen molar-refractivity contribution in [2.75, 3.05) is 32.7 Å². The van der Waals surface area contributed by atoms with Gasteiger partial charge in [-0.2, -0.15) is 0 Å². The number of rotatable bonds is 6. The summed E-state index contributed by atoms with van der Waals surface area (Å²) in [5.41, 5.74) is 1.35. The monoisotopic (exact) mass is 289 g/mol. The van der Waals surface area contributed by atoms with Gasteiger partial charge in [-0.3, -0.25) is 9.69 Å². The van der Waals surface area contributed by atoms with E-state index in [0.717, 1.165) is 39.3 Å². The number of hydrogen-bond donors (Lipinski definition) is 1. The summed E-state index contributed by atoms with van der Waals surface area (Å²) in [4.78, 5) is 16.5. The van der Waals surface area contributed by atoms with Crippen molar-refractivity contribution < 1.29 is 4.79 Å². The van der Waals surface area contributed by atoms with Gasteiger partial charge in [0.15, 0.2) is 0 Å². The van der Waals surface area contributed by atoms with Gasteiger partial charge in [0, 0.05) is 51.7 Å². The molecule has 0 aromatic heterocycles. The molecule has 0 bridgehead atoms. The van der Waals surface area contributed by atoms with Gasteiger partial charge in [-0.1, -0.05) is 44.2 Å². The zero-order valence-corrected chi connectivity index (χ0v) is 13.2.